The summed E-state index contributed by atoms with van der Waals surface area (Å²) in [5.41, 5.74) is 1.68. The van der Waals surface area contributed by atoms with Crippen molar-refractivity contribution < 1.29 is 24.1 Å². The molecule has 2 aromatic carbocycles. The van der Waals surface area contributed by atoms with Gasteiger partial charge in [-0.1, -0.05) is 15.9 Å². The minimum absolute atomic E-state index is 0.211. The van der Waals surface area contributed by atoms with Gasteiger partial charge in [-0.15, -0.1) is 10.2 Å². The number of tetrazole rings is 1. The fourth-order valence-electron chi connectivity index (χ4n) is 2.50. The van der Waals surface area contributed by atoms with E-state index in [-0.39, 0.29) is 6.79 Å². The van der Waals surface area contributed by atoms with E-state index >= 15 is 0 Å². The summed E-state index contributed by atoms with van der Waals surface area (Å²) in [6.45, 7) is 0.228. The summed E-state index contributed by atoms with van der Waals surface area (Å²) in [5.74, 6) is 1.27. The first-order valence-corrected chi connectivity index (χ1v) is 8.68. The highest BCUT2D eigenvalue weighted by Crippen LogP contribution is 2.37. The van der Waals surface area contributed by atoms with Crippen molar-refractivity contribution >= 4 is 21.9 Å². The van der Waals surface area contributed by atoms with Gasteiger partial charge in [0.05, 0.1) is 6.54 Å². The molecular formula is C17H13BrN4O5. The predicted octanol–water partition coefficient (Wildman–Crippen LogP) is 2.34. The SMILES string of the molecule is O=C(O)COc1ccc(-c2nnn(Cc3cc4c(cc3Br)OCO4)n2)cc1. The first kappa shape index (κ1) is 17.3. The molecule has 0 radical (unpaired) electrons. The standard InChI is InChI=1S/C17H13BrN4O5/c18-13-6-15-14(26-9-27-15)5-11(13)7-22-20-17(19-21-22)10-1-3-12(4-2-10)25-8-16(23)24/h1-6H,7-9H2,(H,23,24). The molecule has 0 saturated heterocycles. The van der Waals surface area contributed by atoms with Crippen LogP contribution in [-0.2, 0) is 11.3 Å². The van der Waals surface area contributed by atoms with Gasteiger partial charge in [-0.2, -0.15) is 4.80 Å². The number of ether oxygens (including phenoxy) is 3. The zero-order chi connectivity index (χ0) is 18.8. The molecule has 1 N–H and O–H groups in total. The third-order valence-corrected chi connectivity index (χ3v) is 4.52. The van der Waals surface area contributed by atoms with Crippen molar-refractivity contribution in [2.75, 3.05) is 13.4 Å². The Labute approximate surface area is 161 Å². The van der Waals surface area contributed by atoms with Gasteiger partial charge in [-0.25, -0.2) is 4.79 Å². The Morgan fingerprint density at radius 3 is 2.70 bits per heavy atom. The zero-order valence-electron chi connectivity index (χ0n) is 13.8. The number of fused-ring (bicyclic) bond motifs is 1. The molecule has 3 aromatic rings. The molecule has 0 unspecified atom stereocenters. The zero-order valence-corrected chi connectivity index (χ0v) is 15.4. The molecule has 0 fully saturated rings. The lowest BCUT2D eigenvalue weighted by molar-refractivity contribution is -0.139. The lowest BCUT2D eigenvalue weighted by Crippen LogP contribution is -2.09. The number of benzene rings is 2. The Morgan fingerprint density at radius 1 is 1.22 bits per heavy atom. The summed E-state index contributed by atoms with van der Waals surface area (Å²) < 4.78 is 16.7. The molecule has 0 saturated carbocycles. The summed E-state index contributed by atoms with van der Waals surface area (Å²) in [4.78, 5) is 12.0. The predicted molar refractivity (Wildman–Crippen MR) is 95.8 cm³/mol. The number of aromatic nitrogens is 4. The molecule has 0 amide bonds. The van der Waals surface area contributed by atoms with Gasteiger partial charge in [-0.3, -0.25) is 0 Å². The highest BCUT2D eigenvalue weighted by molar-refractivity contribution is 9.10. The molecule has 1 aliphatic heterocycles. The van der Waals surface area contributed by atoms with Crippen LogP contribution in [-0.4, -0.2) is 44.7 Å². The van der Waals surface area contributed by atoms with Crippen LogP contribution in [0.15, 0.2) is 40.9 Å². The maximum absolute atomic E-state index is 10.5. The van der Waals surface area contributed by atoms with Crippen LogP contribution in [0, 0.1) is 0 Å². The Hall–Kier alpha value is -3.14. The highest BCUT2D eigenvalue weighted by atomic mass is 79.9. The lowest BCUT2D eigenvalue weighted by Gasteiger charge is -2.05. The van der Waals surface area contributed by atoms with Crippen molar-refractivity contribution in [2.24, 2.45) is 0 Å². The van der Waals surface area contributed by atoms with Crippen molar-refractivity contribution in [3.8, 4) is 28.6 Å². The van der Waals surface area contributed by atoms with Crippen LogP contribution in [0.5, 0.6) is 17.2 Å². The second-order valence-electron chi connectivity index (χ2n) is 5.65. The van der Waals surface area contributed by atoms with Crippen LogP contribution in [0.1, 0.15) is 5.56 Å². The summed E-state index contributed by atoms with van der Waals surface area (Å²) in [5, 5.41) is 21.2. The number of carboxylic acids is 1. The van der Waals surface area contributed by atoms with E-state index in [0.717, 1.165) is 15.6 Å². The van der Waals surface area contributed by atoms with Crippen LogP contribution >= 0.6 is 15.9 Å². The molecule has 138 valence electrons. The van der Waals surface area contributed by atoms with Crippen LogP contribution in [0.25, 0.3) is 11.4 Å². The average molecular weight is 433 g/mol. The van der Waals surface area contributed by atoms with Gasteiger partial charge in [0.25, 0.3) is 0 Å². The van der Waals surface area contributed by atoms with Crippen molar-refractivity contribution in [1.82, 2.24) is 20.2 Å². The molecule has 0 atom stereocenters. The maximum Gasteiger partial charge on any atom is 0.341 e. The van der Waals surface area contributed by atoms with Crippen molar-refractivity contribution in [2.45, 2.75) is 6.54 Å². The molecule has 27 heavy (non-hydrogen) atoms. The summed E-state index contributed by atoms with van der Waals surface area (Å²) >= 11 is 3.51. The number of rotatable bonds is 6. The molecule has 0 bridgehead atoms. The second-order valence-corrected chi connectivity index (χ2v) is 6.50. The second kappa shape index (κ2) is 7.23. The van der Waals surface area contributed by atoms with Gasteiger partial charge < -0.3 is 19.3 Å². The monoisotopic (exact) mass is 432 g/mol. The quantitative estimate of drug-likeness (QED) is 0.631. The third kappa shape index (κ3) is 3.85. The molecule has 9 nitrogen and oxygen atoms in total. The Morgan fingerprint density at radius 2 is 1.96 bits per heavy atom. The van der Waals surface area contributed by atoms with E-state index in [9.17, 15) is 4.79 Å². The molecule has 0 spiro atoms. The molecule has 4 rings (SSSR count). The van der Waals surface area contributed by atoms with E-state index in [1.165, 1.54) is 4.80 Å². The molecule has 2 heterocycles. The van der Waals surface area contributed by atoms with Gasteiger partial charge in [0.1, 0.15) is 5.75 Å². The van der Waals surface area contributed by atoms with E-state index in [0.29, 0.717) is 29.6 Å². The van der Waals surface area contributed by atoms with Gasteiger partial charge in [0.15, 0.2) is 18.1 Å². The molecular weight excluding hydrogens is 420 g/mol. The van der Waals surface area contributed by atoms with Crippen LogP contribution in [0.2, 0.25) is 0 Å². The number of carboxylic acid groups (broad SMARTS) is 1. The van der Waals surface area contributed by atoms with Gasteiger partial charge in [0, 0.05) is 10.0 Å². The Kier molecular flexibility index (Phi) is 4.63. The molecule has 1 aliphatic rings. The number of carbonyl (C=O) groups is 1. The highest BCUT2D eigenvalue weighted by Gasteiger charge is 2.17. The van der Waals surface area contributed by atoms with E-state index in [2.05, 4.69) is 31.3 Å². The van der Waals surface area contributed by atoms with Gasteiger partial charge >= 0.3 is 5.97 Å². The fourth-order valence-corrected chi connectivity index (χ4v) is 2.95. The first-order valence-electron chi connectivity index (χ1n) is 7.89. The minimum atomic E-state index is -1.03. The smallest absolute Gasteiger partial charge is 0.341 e. The average Bonchev–Trinajstić information content (AvgIpc) is 3.30. The number of hydrogen-bond acceptors (Lipinski definition) is 7. The van der Waals surface area contributed by atoms with E-state index in [4.69, 9.17) is 19.3 Å². The van der Waals surface area contributed by atoms with Gasteiger partial charge in [-0.05, 0) is 47.2 Å². The topological polar surface area (TPSA) is 109 Å². The normalized spacial score (nSPS) is 12.2. The van der Waals surface area contributed by atoms with E-state index in [1.807, 2.05) is 12.1 Å². The Bertz CT molecular complexity index is 989. The number of halogens is 1. The molecule has 10 heteroatoms. The maximum atomic E-state index is 10.5. The van der Waals surface area contributed by atoms with Crippen molar-refractivity contribution in [3.05, 3.63) is 46.4 Å². The van der Waals surface area contributed by atoms with E-state index < -0.39 is 12.6 Å². The van der Waals surface area contributed by atoms with Crippen LogP contribution in [0.3, 0.4) is 0 Å². The number of hydrogen-bond donors (Lipinski definition) is 1. The minimum Gasteiger partial charge on any atom is -0.482 e. The van der Waals surface area contributed by atoms with Crippen molar-refractivity contribution in [3.63, 3.8) is 0 Å². The summed E-state index contributed by atoms with van der Waals surface area (Å²) in [6, 6.07) is 10.5. The third-order valence-electron chi connectivity index (χ3n) is 3.78. The van der Waals surface area contributed by atoms with Crippen LogP contribution < -0.4 is 14.2 Å². The van der Waals surface area contributed by atoms with E-state index in [1.54, 1.807) is 24.3 Å². The first-order chi connectivity index (χ1) is 13.1. The lowest BCUT2D eigenvalue weighted by atomic mass is 10.2. The molecule has 0 aliphatic carbocycles. The summed E-state index contributed by atoms with van der Waals surface area (Å²) in [7, 11) is 0. The number of aliphatic carboxylic acids is 1. The van der Waals surface area contributed by atoms with Crippen molar-refractivity contribution in [1.29, 1.82) is 0 Å². The fraction of sp³-hybridized carbons (Fsp3) is 0.176. The molecule has 1 aromatic heterocycles. The summed E-state index contributed by atoms with van der Waals surface area (Å²) in [6.07, 6.45) is 0. The van der Waals surface area contributed by atoms with Gasteiger partial charge in [0.2, 0.25) is 12.6 Å². The largest absolute Gasteiger partial charge is 0.482 e. The van der Waals surface area contributed by atoms with Crippen LogP contribution in [0.4, 0.5) is 0 Å². The Balaban J connectivity index is 1.48. The number of nitrogens with zero attached hydrogens (tertiary/aromatic N) is 4.